The number of rotatable bonds is 4. The normalized spacial score (nSPS) is 12.2. The van der Waals surface area contributed by atoms with Crippen LogP contribution in [0.3, 0.4) is 0 Å². The number of nitrogens with one attached hydrogen (secondary N) is 1. The van der Waals surface area contributed by atoms with Crippen LogP contribution in [-0.2, 0) is 0 Å². The van der Waals surface area contributed by atoms with E-state index in [1.807, 2.05) is 34.6 Å². The van der Waals surface area contributed by atoms with Crippen LogP contribution >= 0.6 is 0 Å². The minimum absolute atomic E-state index is 0.275. The highest BCUT2D eigenvalue weighted by Crippen LogP contribution is 2.19. The molecule has 0 fully saturated rings. The molecule has 0 aromatic heterocycles. The maximum absolute atomic E-state index is 9.80. The molecule has 0 amide bonds. The van der Waals surface area contributed by atoms with Gasteiger partial charge in [0.25, 0.3) is 0 Å². The van der Waals surface area contributed by atoms with Crippen molar-refractivity contribution in [2.24, 2.45) is 0 Å². The molecule has 0 atom stereocenters. The third-order valence-electron chi connectivity index (χ3n) is 2.52. The van der Waals surface area contributed by atoms with Crippen LogP contribution in [-0.4, -0.2) is 22.8 Å². The first-order chi connectivity index (χ1) is 5.81. The van der Waals surface area contributed by atoms with Crippen LogP contribution in [0.5, 0.6) is 0 Å². The van der Waals surface area contributed by atoms with E-state index in [1.165, 1.54) is 0 Å². The van der Waals surface area contributed by atoms with Gasteiger partial charge in [0.05, 0.1) is 5.60 Å². The van der Waals surface area contributed by atoms with Crippen LogP contribution in [0, 0.1) is 11.8 Å². The lowest BCUT2D eigenvalue weighted by Gasteiger charge is -2.38. The van der Waals surface area contributed by atoms with Crippen LogP contribution in [0.25, 0.3) is 0 Å². The Morgan fingerprint density at radius 3 is 2.15 bits per heavy atom. The fourth-order valence-electron chi connectivity index (χ4n) is 0.779. The van der Waals surface area contributed by atoms with E-state index in [0.717, 1.165) is 13.0 Å². The van der Waals surface area contributed by atoms with E-state index < -0.39 is 5.60 Å². The Kier molecular flexibility index (Phi) is 4.46. The van der Waals surface area contributed by atoms with E-state index in [2.05, 4.69) is 17.2 Å². The Morgan fingerprint density at radius 2 is 1.77 bits per heavy atom. The molecular weight excluding hydrogens is 162 g/mol. The number of hydrogen-bond acceptors (Lipinski definition) is 2. The lowest BCUT2D eigenvalue weighted by molar-refractivity contribution is -0.00394. The van der Waals surface area contributed by atoms with Gasteiger partial charge in [0.2, 0.25) is 0 Å². The first kappa shape index (κ1) is 12.5. The molecule has 0 aliphatic carbocycles. The molecule has 2 N–H and O–H groups in total. The largest absolute Gasteiger partial charge is 0.389 e. The van der Waals surface area contributed by atoms with Crippen molar-refractivity contribution >= 4 is 0 Å². The van der Waals surface area contributed by atoms with Gasteiger partial charge in [-0.15, -0.1) is 11.8 Å². The summed E-state index contributed by atoms with van der Waals surface area (Å²) < 4.78 is 0. The van der Waals surface area contributed by atoms with Gasteiger partial charge in [0.15, 0.2) is 0 Å². The molecule has 0 aliphatic heterocycles. The summed E-state index contributed by atoms with van der Waals surface area (Å²) in [6, 6.07) is 0. The Morgan fingerprint density at radius 1 is 1.23 bits per heavy atom. The Balaban J connectivity index is 3.94. The van der Waals surface area contributed by atoms with Gasteiger partial charge in [-0.3, -0.25) is 0 Å². The molecule has 0 saturated heterocycles. The zero-order chi connectivity index (χ0) is 10.5. The second-order valence-electron chi connectivity index (χ2n) is 4.29. The summed E-state index contributed by atoms with van der Waals surface area (Å²) in [4.78, 5) is 0. The van der Waals surface area contributed by atoms with Crippen molar-refractivity contribution in [3.63, 3.8) is 0 Å². The molecule has 2 nitrogen and oxygen atoms in total. The predicted octanol–water partition coefficient (Wildman–Crippen LogP) is 1.54. The Bertz CT molecular complexity index is 202. The van der Waals surface area contributed by atoms with E-state index in [-0.39, 0.29) is 5.54 Å². The van der Waals surface area contributed by atoms with Crippen molar-refractivity contribution in [2.45, 2.75) is 52.2 Å². The summed E-state index contributed by atoms with van der Waals surface area (Å²) in [7, 11) is 0. The lowest BCUT2D eigenvalue weighted by atomic mass is 9.86. The standard InChI is InChI=1S/C11H21NO/c1-6-7-8-9-12-10(2,3)11(4,5)13/h12-13H,8-9H2,1-5H3. The second-order valence-corrected chi connectivity index (χ2v) is 4.29. The van der Waals surface area contributed by atoms with Crippen molar-refractivity contribution in [1.82, 2.24) is 5.32 Å². The second kappa shape index (κ2) is 4.64. The molecule has 0 spiro atoms. The molecule has 0 aromatic rings. The summed E-state index contributed by atoms with van der Waals surface area (Å²) in [6.07, 6.45) is 0.829. The lowest BCUT2D eigenvalue weighted by Crippen LogP contribution is -2.55. The summed E-state index contributed by atoms with van der Waals surface area (Å²) in [5, 5.41) is 13.1. The van der Waals surface area contributed by atoms with E-state index in [0.29, 0.717) is 0 Å². The maximum atomic E-state index is 9.80. The fraction of sp³-hybridized carbons (Fsp3) is 0.818. The minimum atomic E-state index is -0.716. The average molecular weight is 183 g/mol. The average Bonchev–Trinajstić information content (AvgIpc) is 1.96. The Labute approximate surface area is 81.7 Å². The molecule has 0 bridgehead atoms. The van der Waals surface area contributed by atoms with E-state index >= 15 is 0 Å². The van der Waals surface area contributed by atoms with Crippen molar-refractivity contribution in [3.8, 4) is 11.8 Å². The molecule has 0 unspecified atom stereocenters. The molecule has 0 radical (unpaired) electrons. The number of hydrogen-bond donors (Lipinski definition) is 2. The topological polar surface area (TPSA) is 32.3 Å². The molecule has 0 heterocycles. The van der Waals surface area contributed by atoms with E-state index in [1.54, 1.807) is 0 Å². The van der Waals surface area contributed by atoms with Gasteiger partial charge in [-0.25, -0.2) is 0 Å². The number of aliphatic hydroxyl groups is 1. The highest BCUT2D eigenvalue weighted by molar-refractivity contribution is 4.98. The van der Waals surface area contributed by atoms with Gasteiger partial charge >= 0.3 is 0 Å². The first-order valence-electron chi connectivity index (χ1n) is 4.68. The van der Waals surface area contributed by atoms with E-state index in [9.17, 15) is 5.11 Å². The molecule has 0 rings (SSSR count). The van der Waals surface area contributed by atoms with Crippen molar-refractivity contribution in [3.05, 3.63) is 0 Å². The minimum Gasteiger partial charge on any atom is -0.389 e. The summed E-state index contributed by atoms with van der Waals surface area (Å²) in [6.45, 7) is 10.3. The van der Waals surface area contributed by atoms with Crippen LogP contribution in [0.1, 0.15) is 41.0 Å². The van der Waals surface area contributed by atoms with Crippen LogP contribution in [0.4, 0.5) is 0 Å². The van der Waals surface area contributed by atoms with E-state index in [4.69, 9.17) is 0 Å². The highest BCUT2D eigenvalue weighted by atomic mass is 16.3. The monoisotopic (exact) mass is 183 g/mol. The molecule has 0 saturated carbocycles. The summed E-state index contributed by atoms with van der Waals surface area (Å²) in [5.41, 5.74) is -0.991. The van der Waals surface area contributed by atoms with Crippen molar-refractivity contribution in [2.75, 3.05) is 6.54 Å². The van der Waals surface area contributed by atoms with Crippen LogP contribution in [0.2, 0.25) is 0 Å². The van der Waals surface area contributed by atoms with Gasteiger partial charge < -0.3 is 10.4 Å². The molecule has 2 heteroatoms. The van der Waals surface area contributed by atoms with Crippen LogP contribution in [0.15, 0.2) is 0 Å². The van der Waals surface area contributed by atoms with Gasteiger partial charge in [0.1, 0.15) is 0 Å². The molecule has 0 aliphatic rings. The van der Waals surface area contributed by atoms with Crippen LogP contribution < -0.4 is 5.32 Å². The van der Waals surface area contributed by atoms with Gasteiger partial charge in [-0.05, 0) is 34.6 Å². The molecular formula is C11H21NO. The highest BCUT2D eigenvalue weighted by Gasteiger charge is 2.33. The Hall–Kier alpha value is -0.520. The smallest absolute Gasteiger partial charge is 0.0767 e. The SMILES string of the molecule is CC#CCCNC(C)(C)C(C)(C)O. The van der Waals surface area contributed by atoms with Crippen molar-refractivity contribution in [1.29, 1.82) is 0 Å². The van der Waals surface area contributed by atoms with Crippen molar-refractivity contribution < 1.29 is 5.11 Å². The van der Waals surface area contributed by atoms with Gasteiger partial charge in [-0.1, -0.05) is 0 Å². The third-order valence-corrected chi connectivity index (χ3v) is 2.52. The molecule has 13 heavy (non-hydrogen) atoms. The first-order valence-corrected chi connectivity index (χ1v) is 4.68. The summed E-state index contributed by atoms with van der Waals surface area (Å²) in [5.74, 6) is 5.82. The fourth-order valence-corrected chi connectivity index (χ4v) is 0.779. The molecule has 0 aromatic carbocycles. The molecule has 76 valence electrons. The third kappa shape index (κ3) is 4.31. The zero-order valence-electron chi connectivity index (χ0n) is 9.36. The maximum Gasteiger partial charge on any atom is 0.0767 e. The summed E-state index contributed by atoms with van der Waals surface area (Å²) >= 11 is 0. The zero-order valence-corrected chi connectivity index (χ0v) is 9.36. The van der Waals surface area contributed by atoms with Gasteiger partial charge in [-0.2, -0.15) is 0 Å². The quantitative estimate of drug-likeness (QED) is 0.512. The predicted molar refractivity (Wildman–Crippen MR) is 56.4 cm³/mol. The van der Waals surface area contributed by atoms with Gasteiger partial charge in [0, 0.05) is 18.5 Å².